The van der Waals surface area contributed by atoms with E-state index in [9.17, 15) is 38.4 Å². The molecule has 1 N–H and O–H groups in total. The highest BCUT2D eigenvalue weighted by molar-refractivity contribution is 6.36. The molecule has 10 rings (SSSR count). The van der Waals surface area contributed by atoms with Crippen LogP contribution in [0.5, 0.6) is 0 Å². The lowest BCUT2D eigenvalue weighted by atomic mass is 9.76. The molecule has 0 fully saturated rings. The largest absolute Gasteiger partial charge is 0.288 e. The Bertz CT molecular complexity index is 3460. The molecular formula is C60H54N4O8. The smallest absolute Gasteiger partial charge is 0.266 e. The number of hydrogen-bond acceptors (Lipinski definition) is 8. The average Bonchev–Trinajstić information content (AvgIpc) is 3.99. The highest BCUT2D eigenvalue weighted by Crippen LogP contribution is 2.42. The second kappa shape index (κ2) is 17.0. The zero-order valence-electron chi connectivity index (χ0n) is 41.9. The first-order valence-corrected chi connectivity index (χ1v) is 24.6. The third kappa shape index (κ3) is 7.09. The van der Waals surface area contributed by atoms with Crippen molar-refractivity contribution in [2.24, 2.45) is 0 Å². The Morgan fingerprint density at radius 1 is 0.375 bits per heavy atom. The summed E-state index contributed by atoms with van der Waals surface area (Å²) in [5.74, 6) is -3.17. The molecule has 12 nitrogen and oxygen atoms in total. The van der Waals surface area contributed by atoms with Crippen LogP contribution in [0.25, 0.3) is 0 Å². The molecular weight excluding hydrogens is 905 g/mol. The Labute approximate surface area is 418 Å². The fourth-order valence-electron chi connectivity index (χ4n) is 11.1. The predicted molar refractivity (Wildman–Crippen MR) is 274 cm³/mol. The lowest BCUT2D eigenvalue weighted by Crippen LogP contribution is -2.31. The molecule has 0 saturated carbocycles. The molecule has 72 heavy (non-hydrogen) atoms. The van der Waals surface area contributed by atoms with E-state index in [2.05, 4.69) is 29.6 Å². The quantitative estimate of drug-likeness (QED) is 0.119. The van der Waals surface area contributed by atoms with Crippen LogP contribution in [0.4, 0.5) is 11.4 Å². The van der Waals surface area contributed by atoms with Gasteiger partial charge in [0, 0.05) is 17.9 Å². The molecule has 12 heteroatoms. The summed E-state index contributed by atoms with van der Waals surface area (Å²) in [5, 5.41) is 2.34. The molecule has 4 heterocycles. The molecule has 0 aromatic heterocycles. The van der Waals surface area contributed by atoms with Crippen LogP contribution in [0.2, 0.25) is 0 Å². The van der Waals surface area contributed by atoms with Gasteiger partial charge in [0.15, 0.2) is 0 Å². The number of benzene rings is 6. The van der Waals surface area contributed by atoms with Gasteiger partial charge in [0.25, 0.3) is 47.3 Å². The monoisotopic (exact) mass is 958 g/mol. The van der Waals surface area contributed by atoms with E-state index in [1.54, 1.807) is 48.5 Å². The van der Waals surface area contributed by atoms with E-state index in [4.69, 9.17) is 0 Å². The van der Waals surface area contributed by atoms with E-state index in [1.165, 1.54) is 16.8 Å². The van der Waals surface area contributed by atoms with Crippen molar-refractivity contribution in [1.82, 2.24) is 10.2 Å². The lowest BCUT2D eigenvalue weighted by Gasteiger charge is -2.27. The average molecular weight is 959 g/mol. The van der Waals surface area contributed by atoms with Crippen LogP contribution in [0.15, 0.2) is 97.1 Å². The molecule has 0 saturated heterocycles. The first-order valence-electron chi connectivity index (χ1n) is 24.6. The summed E-state index contributed by atoms with van der Waals surface area (Å²) in [6, 6.07) is 29.3. The Hall–Kier alpha value is -8.12. The summed E-state index contributed by atoms with van der Waals surface area (Å²) in [4.78, 5) is 112. The van der Waals surface area contributed by atoms with Crippen LogP contribution >= 0.6 is 0 Å². The van der Waals surface area contributed by atoms with Crippen LogP contribution in [0, 0.1) is 0 Å². The minimum Gasteiger partial charge on any atom is -0.288 e. The molecule has 0 unspecified atom stereocenters. The number of nitrogens with zero attached hydrogens (tertiary/aromatic N) is 3. The van der Waals surface area contributed by atoms with Crippen LogP contribution in [0.1, 0.15) is 194 Å². The molecule has 8 amide bonds. The first-order chi connectivity index (χ1) is 34.2. The topological polar surface area (TPSA) is 158 Å². The van der Waals surface area contributed by atoms with E-state index in [0.29, 0.717) is 88.0 Å². The number of amides is 8. The van der Waals surface area contributed by atoms with Crippen molar-refractivity contribution >= 4 is 58.6 Å². The zero-order chi connectivity index (χ0) is 51.5. The van der Waals surface area contributed by atoms with Crippen molar-refractivity contribution in [1.29, 1.82) is 0 Å². The van der Waals surface area contributed by atoms with E-state index in [1.807, 2.05) is 79.7 Å². The minimum absolute atomic E-state index is 0.302. The minimum atomic E-state index is -0.687. The van der Waals surface area contributed by atoms with Gasteiger partial charge in [-0.2, -0.15) is 0 Å². The number of nitrogens with one attached hydrogen (secondary N) is 1. The Balaban J connectivity index is 0.926. The molecule has 0 radical (unpaired) electrons. The van der Waals surface area contributed by atoms with Gasteiger partial charge in [-0.1, -0.05) is 104 Å². The molecule has 4 aliphatic heterocycles. The Morgan fingerprint density at radius 2 is 0.667 bits per heavy atom. The molecule has 0 atom stereocenters. The van der Waals surface area contributed by atoms with Gasteiger partial charge in [-0.3, -0.25) is 48.6 Å². The van der Waals surface area contributed by atoms with E-state index >= 15 is 0 Å². The van der Waals surface area contributed by atoms with E-state index < -0.39 is 46.3 Å². The second-order valence-corrected chi connectivity index (χ2v) is 20.3. The van der Waals surface area contributed by atoms with Crippen molar-refractivity contribution in [3.63, 3.8) is 0 Å². The van der Waals surface area contributed by atoms with E-state index in [-0.39, 0.29) is 11.8 Å². The fraction of sp³-hybridized carbons (Fsp3) is 0.267. The highest BCUT2D eigenvalue weighted by atomic mass is 16.2. The molecule has 362 valence electrons. The Kier molecular flexibility index (Phi) is 11.3. The van der Waals surface area contributed by atoms with Crippen molar-refractivity contribution in [2.75, 3.05) is 16.8 Å². The van der Waals surface area contributed by atoms with Crippen LogP contribution in [-0.2, 0) is 42.9 Å². The number of anilines is 2. The third-order valence-corrected chi connectivity index (χ3v) is 15.5. The lowest BCUT2D eigenvalue weighted by molar-refractivity contribution is 0.0690. The molecule has 0 bridgehead atoms. The first kappa shape index (κ1) is 47.6. The van der Waals surface area contributed by atoms with Gasteiger partial charge >= 0.3 is 0 Å². The van der Waals surface area contributed by atoms with Gasteiger partial charge in [0.1, 0.15) is 0 Å². The number of carbonyl (C=O) groups excluding carboxylic acids is 8. The maximum absolute atomic E-state index is 14.5. The van der Waals surface area contributed by atoms with Gasteiger partial charge in [0.2, 0.25) is 0 Å². The summed E-state index contributed by atoms with van der Waals surface area (Å²) >= 11 is 0. The molecule has 0 spiro atoms. The highest BCUT2D eigenvalue weighted by Gasteiger charge is 2.43. The summed E-state index contributed by atoms with van der Waals surface area (Å²) < 4.78 is 0. The maximum atomic E-state index is 14.5. The number of rotatable bonds is 12. The number of imide groups is 4. The molecule has 0 aliphatic carbocycles. The van der Waals surface area contributed by atoms with Crippen molar-refractivity contribution in [2.45, 2.75) is 98.3 Å². The van der Waals surface area contributed by atoms with Crippen molar-refractivity contribution in [3.05, 3.63) is 197 Å². The van der Waals surface area contributed by atoms with Crippen molar-refractivity contribution < 1.29 is 38.4 Å². The van der Waals surface area contributed by atoms with Crippen molar-refractivity contribution in [3.8, 4) is 0 Å². The molecule has 4 aliphatic rings. The summed E-state index contributed by atoms with van der Waals surface area (Å²) in [6.07, 6.45) is 2.75. The number of hydrogen-bond donors (Lipinski definition) is 1. The zero-order valence-corrected chi connectivity index (χ0v) is 41.9. The normalized spacial score (nSPS) is 15.3. The predicted octanol–water partition coefficient (Wildman–Crippen LogP) is 9.89. The Morgan fingerprint density at radius 3 is 1.04 bits per heavy atom. The summed E-state index contributed by atoms with van der Waals surface area (Å²) in [6.45, 7) is 16.0. The number of carbonyl (C=O) groups is 8. The maximum Gasteiger partial charge on any atom is 0.266 e. The van der Waals surface area contributed by atoms with Gasteiger partial charge < -0.3 is 0 Å². The third-order valence-electron chi connectivity index (χ3n) is 15.5. The second-order valence-electron chi connectivity index (χ2n) is 20.3. The summed E-state index contributed by atoms with van der Waals surface area (Å²) in [5.41, 5.74) is 10.9. The number of aryl methyl sites for hydroxylation is 4. The van der Waals surface area contributed by atoms with Crippen LogP contribution < -0.4 is 15.1 Å². The molecule has 6 aromatic carbocycles. The standard InChI is InChI=1S/C60H54N4O8/c1-10-33-23-31(24-34(11-2)49(33)63-55(69)43-20-16-39(29-47(43)57(63)71)59(5,6)37-14-18-41-45(27-37)52(66)61-51(41)65)22-32-25-35(12-3)50(36(13-4)26-32)64-56(70)44-21-17-40(30-48(44)58(64)72)60(7,8)38-15-19-42-46(28-38)54(68)62(9)53(42)67/h14-21,23-30H,10-13,22H2,1-9H3,(H,61,65,66). The number of fused-ring (bicyclic) bond motifs is 4. The van der Waals surface area contributed by atoms with Gasteiger partial charge in [-0.25, -0.2) is 9.80 Å². The van der Waals surface area contributed by atoms with E-state index in [0.717, 1.165) is 60.5 Å². The molecule has 6 aromatic rings. The SMILES string of the molecule is CCc1cc(Cc2cc(CC)c(N3C(=O)c4ccc(C(C)(C)c5ccc6c(c5)C(=O)N(C)C6=O)cc4C3=O)c(CC)c2)cc(CC)c1N1C(=O)c2ccc(C(C)(C)c3ccc4c(c3)C(=O)NC4=O)cc2C1=O. The fourth-order valence-corrected chi connectivity index (χ4v) is 11.1. The van der Waals surface area contributed by atoms with Crippen LogP contribution in [-0.4, -0.2) is 59.2 Å². The summed E-state index contributed by atoms with van der Waals surface area (Å²) in [7, 11) is 1.46. The van der Waals surface area contributed by atoms with Crippen LogP contribution in [0.3, 0.4) is 0 Å². The van der Waals surface area contributed by atoms with Gasteiger partial charge in [-0.15, -0.1) is 0 Å². The van der Waals surface area contributed by atoms with Gasteiger partial charge in [0.05, 0.1) is 55.9 Å². The van der Waals surface area contributed by atoms with Gasteiger partial charge in [-0.05, 0) is 136 Å².